The molecule has 0 bridgehead atoms. The van der Waals surface area contributed by atoms with E-state index >= 15 is 0 Å². The van der Waals surface area contributed by atoms with E-state index in [1.807, 2.05) is 4.57 Å². The summed E-state index contributed by atoms with van der Waals surface area (Å²) in [6.07, 6.45) is 7.03. The molecular formula is C25H37N3O9. The third kappa shape index (κ3) is 6.40. The Labute approximate surface area is 215 Å². The summed E-state index contributed by atoms with van der Waals surface area (Å²) in [5.74, 6) is -0.563. The zero-order valence-corrected chi connectivity index (χ0v) is 21.3. The molecule has 4 rings (SSSR count). The normalized spacial score (nSPS) is 27.1. The van der Waals surface area contributed by atoms with Gasteiger partial charge in [-0.15, -0.1) is 0 Å². The number of aromatic nitrogens is 2. The van der Waals surface area contributed by atoms with Crippen LogP contribution in [0.25, 0.3) is 0 Å². The van der Waals surface area contributed by atoms with Gasteiger partial charge in [0.2, 0.25) is 0 Å². The third-order valence-electron chi connectivity index (χ3n) is 6.86. The van der Waals surface area contributed by atoms with Crippen molar-refractivity contribution >= 4 is 11.9 Å². The average Bonchev–Trinajstić information content (AvgIpc) is 3.67. The van der Waals surface area contributed by atoms with Crippen molar-refractivity contribution in [1.29, 1.82) is 0 Å². The molecule has 0 radical (unpaired) electrons. The summed E-state index contributed by atoms with van der Waals surface area (Å²) in [5.41, 5.74) is 6.80. The number of hydrogen-bond donors (Lipinski definition) is 5. The molecule has 2 aliphatic heterocycles. The van der Waals surface area contributed by atoms with Gasteiger partial charge in [-0.05, 0) is 18.8 Å². The number of amides is 1. The first kappa shape index (κ1) is 28.8. The Morgan fingerprint density at radius 3 is 1.95 bits per heavy atom. The van der Waals surface area contributed by atoms with E-state index in [-0.39, 0.29) is 37.7 Å². The molecule has 2 aromatic rings. The zero-order chi connectivity index (χ0) is 27.3. The summed E-state index contributed by atoms with van der Waals surface area (Å²) >= 11 is 0. The molecule has 0 spiro atoms. The summed E-state index contributed by atoms with van der Waals surface area (Å²) < 4.78 is 19.5. The monoisotopic (exact) mass is 523 g/mol. The predicted molar refractivity (Wildman–Crippen MR) is 130 cm³/mol. The highest BCUT2D eigenvalue weighted by Gasteiger charge is 2.35. The van der Waals surface area contributed by atoms with Crippen molar-refractivity contribution in [3.05, 3.63) is 47.0 Å². The Hall–Kier alpha value is -2.74. The minimum absolute atomic E-state index is 0.0661. The van der Waals surface area contributed by atoms with Gasteiger partial charge in [-0.2, -0.15) is 0 Å². The maximum atomic E-state index is 11.6. The van der Waals surface area contributed by atoms with Crippen LogP contribution < -0.4 is 5.73 Å². The van der Waals surface area contributed by atoms with Crippen LogP contribution in [0, 0.1) is 5.92 Å². The van der Waals surface area contributed by atoms with Crippen molar-refractivity contribution in [2.24, 2.45) is 11.7 Å². The smallest absolute Gasteiger partial charge is 0.339 e. The van der Waals surface area contributed by atoms with Gasteiger partial charge < -0.3 is 49.5 Å². The van der Waals surface area contributed by atoms with Gasteiger partial charge in [-0.1, -0.05) is 13.8 Å². The number of carbonyl (C=O) groups excluding carboxylic acids is 2. The average molecular weight is 524 g/mol. The number of nitrogens with zero attached hydrogens (tertiary/aromatic N) is 2. The lowest BCUT2D eigenvalue weighted by Gasteiger charge is -2.14. The van der Waals surface area contributed by atoms with Gasteiger partial charge in [0.15, 0.2) is 0 Å². The van der Waals surface area contributed by atoms with Crippen molar-refractivity contribution in [3.63, 3.8) is 0 Å². The topological polar surface area (TPSA) is 179 Å². The Kier molecular flexibility index (Phi) is 9.87. The minimum atomic E-state index is -0.753. The molecule has 6 atom stereocenters. The van der Waals surface area contributed by atoms with Crippen molar-refractivity contribution in [1.82, 2.24) is 9.13 Å². The molecule has 6 N–H and O–H groups in total. The maximum absolute atomic E-state index is 11.6. The number of rotatable bonds is 8. The van der Waals surface area contributed by atoms with E-state index < -0.39 is 30.3 Å². The van der Waals surface area contributed by atoms with Crippen LogP contribution in [0.1, 0.15) is 77.4 Å². The number of aliphatic hydroxyl groups excluding tert-OH is 4. The molecule has 2 saturated heterocycles. The van der Waals surface area contributed by atoms with E-state index in [4.69, 9.17) is 30.2 Å². The first-order valence-corrected chi connectivity index (χ1v) is 12.3. The molecule has 2 fully saturated rings. The molecule has 0 aromatic carbocycles. The third-order valence-corrected chi connectivity index (χ3v) is 6.86. The van der Waals surface area contributed by atoms with Crippen LogP contribution in [0.2, 0.25) is 0 Å². The molecule has 0 saturated carbocycles. The van der Waals surface area contributed by atoms with Gasteiger partial charge in [-0.25, -0.2) is 4.79 Å². The van der Waals surface area contributed by atoms with Crippen molar-refractivity contribution in [2.45, 2.75) is 77.1 Å². The highest BCUT2D eigenvalue weighted by molar-refractivity contribution is 5.94. The highest BCUT2D eigenvalue weighted by atomic mass is 16.5. The Morgan fingerprint density at radius 1 is 0.973 bits per heavy atom. The Balaban J connectivity index is 0.000000206. The van der Waals surface area contributed by atoms with E-state index in [2.05, 4.69) is 13.8 Å². The largest absolute Gasteiger partial charge is 0.465 e. The molecule has 4 heterocycles. The quantitative estimate of drug-likeness (QED) is 0.313. The first-order chi connectivity index (χ1) is 17.7. The second-order valence-electron chi connectivity index (χ2n) is 9.33. The Morgan fingerprint density at radius 2 is 1.51 bits per heavy atom. The number of methoxy groups -OCH3 is 1. The van der Waals surface area contributed by atoms with Crippen molar-refractivity contribution in [3.8, 4) is 0 Å². The van der Waals surface area contributed by atoms with Gasteiger partial charge in [-0.3, -0.25) is 4.79 Å². The van der Waals surface area contributed by atoms with E-state index in [0.29, 0.717) is 29.0 Å². The van der Waals surface area contributed by atoms with Gasteiger partial charge in [0.1, 0.15) is 18.6 Å². The maximum Gasteiger partial charge on any atom is 0.339 e. The fourth-order valence-electron chi connectivity index (χ4n) is 4.75. The molecule has 37 heavy (non-hydrogen) atoms. The van der Waals surface area contributed by atoms with Crippen LogP contribution >= 0.6 is 0 Å². The van der Waals surface area contributed by atoms with Gasteiger partial charge in [0.05, 0.1) is 50.3 Å². The molecule has 6 unspecified atom stereocenters. The predicted octanol–water partition coefficient (Wildman–Crippen LogP) is 0.821. The van der Waals surface area contributed by atoms with E-state index in [1.54, 1.807) is 23.2 Å². The Bertz CT molecular complexity index is 1070. The molecular weight excluding hydrogens is 486 g/mol. The minimum Gasteiger partial charge on any atom is -0.465 e. The van der Waals surface area contributed by atoms with Gasteiger partial charge in [0.25, 0.3) is 5.91 Å². The lowest BCUT2D eigenvalue weighted by atomic mass is 10.0. The molecule has 12 heteroatoms. The van der Waals surface area contributed by atoms with Crippen molar-refractivity contribution in [2.75, 3.05) is 13.7 Å². The van der Waals surface area contributed by atoms with Crippen LogP contribution in [0.5, 0.6) is 0 Å². The molecule has 206 valence electrons. The standard InChI is InChI=1S/C14H21NO4.C11H16N2O5/c1-4-12-9(2)5-13(19-12)15-6-10(8-16)11(7-15)14(17)18-3;12-11(17)7-3-13(2-6(7)4-14)10-1-8(16)9(5-15)18-10/h6-7,9,12-13,16H,4-5,8H2,1-3H3;2-3,8-10,14-16H,1,4-5H2,(H2,12,17). The fraction of sp³-hybridized carbons (Fsp3) is 0.600. The van der Waals surface area contributed by atoms with Crippen LogP contribution in [0.4, 0.5) is 0 Å². The fourth-order valence-corrected chi connectivity index (χ4v) is 4.75. The summed E-state index contributed by atoms with van der Waals surface area (Å²) in [5, 5.41) is 37.0. The summed E-state index contributed by atoms with van der Waals surface area (Å²) in [4.78, 5) is 22.8. The van der Waals surface area contributed by atoms with Gasteiger partial charge >= 0.3 is 5.97 Å². The second kappa shape index (κ2) is 12.7. The summed E-state index contributed by atoms with van der Waals surface area (Å²) in [6.45, 7) is 3.53. The number of esters is 1. The summed E-state index contributed by atoms with van der Waals surface area (Å²) in [7, 11) is 1.34. The van der Waals surface area contributed by atoms with Crippen LogP contribution in [0.3, 0.4) is 0 Å². The van der Waals surface area contributed by atoms with Gasteiger partial charge in [0, 0.05) is 42.3 Å². The lowest BCUT2D eigenvalue weighted by Crippen LogP contribution is -2.24. The van der Waals surface area contributed by atoms with E-state index in [9.17, 15) is 19.8 Å². The molecule has 0 aliphatic carbocycles. The summed E-state index contributed by atoms with van der Waals surface area (Å²) in [6, 6.07) is 0. The molecule has 2 aliphatic rings. The van der Waals surface area contributed by atoms with Crippen LogP contribution in [0.15, 0.2) is 24.8 Å². The first-order valence-electron chi connectivity index (χ1n) is 12.3. The number of nitrogens with two attached hydrogens (primary N) is 1. The van der Waals surface area contributed by atoms with Crippen LogP contribution in [-0.2, 0) is 27.4 Å². The number of primary amides is 1. The second-order valence-corrected chi connectivity index (χ2v) is 9.33. The van der Waals surface area contributed by atoms with Crippen LogP contribution in [-0.4, -0.2) is 73.5 Å². The lowest BCUT2D eigenvalue weighted by molar-refractivity contribution is -0.0443. The molecule has 2 aromatic heterocycles. The number of hydrogen-bond acceptors (Lipinski definition) is 9. The highest BCUT2D eigenvalue weighted by Crippen LogP contribution is 2.35. The molecule has 12 nitrogen and oxygen atoms in total. The number of carbonyl (C=O) groups is 2. The zero-order valence-electron chi connectivity index (χ0n) is 21.3. The van der Waals surface area contributed by atoms with E-state index in [0.717, 1.165) is 12.8 Å². The van der Waals surface area contributed by atoms with Crippen molar-refractivity contribution < 1.29 is 44.2 Å². The number of aliphatic hydroxyl groups is 4. The van der Waals surface area contributed by atoms with E-state index in [1.165, 1.54) is 13.3 Å². The molecule has 1 amide bonds. The number of ether oxygens (including phenoxy) is 3. The SMILES string of the molecule is CCC1OC(n2cc(CO)c(C(=O)OC)c2)CC1C.NC(=O)c1cn(C2CC(O)C(CO)O2)cc1CO.